The molecule has 2 amide bonds. The zero-order valence-electron chi connectivity index (χ0n) is 17.6. The van der Waals surface area contributed by atoms with Crippen molar-refractivity contribution >= 4 is 17.5 Å². The lowest BCUT2D eigenvalue weighted by Gasteiger charge is -2.30. The van der Waals surface area contributed by atoms with Crippen molar-refractivity contribution in [1.29, 1.82) is 0 Å². The third-order valence-corrected chi connectivity index (χ3v) is 5.20. The fourth-order valence-electron chi connectivity index (χ4n) is 3.77. The van der Waals surface area contributed by atoms with Crippen LogP contribution in [0.1, 0.15) is 59.9 Å². The quantitative estimate of drug-likeness (QED) is 0.769. The summed E-state index contributed by atoms with van der Waals surface area (Å²) in [5.41, 5.74) is 2.78. The van der Waals surface area contributed by atoms with E-state index in [1.807, 2.05) is 44.2 Å². The monoisotopic (exact) mass is 393 g/mol. The van der Waals surface area contributed by atoms with E-state index in [-0.39, 0.29) is 17.9 Å². The molecule has 1 atom stereocenters. The van der Waals surface area contributed by atoms with Crippen molar-refractivity contribution in [1.82, 2.24) is 10.2 Å². The molecule has 0 saturated carbocycles. The molecule has 1 fully saturated rings. The molecular formula is C24H31N3O2. The molecule has 2 N–H and O–H groups in total. The van der Waals surface area contributed by atoms with Gasteiger partial charge in [0.15, 0.2) is 0 Å². The zero-order chi connectivity index (χ0) is 20.8. The van der Waals surface area contributed by atoms with Crippen LogP contribution < -0.4 is 10.6 Å². The van der Waals surface area contributed by atoms with E-state index in [0.717, 1.165) is 25.6 Å². The number of likely N-dealkylation sites (tertiary alicyclic amines) is 1. The van der Waals surface area contributed by atoms with Crippen LogP contribution in [-0.2, 0) is 6.54 Å². The van der Waals surface area contributed by atoms with Crippen LogP contribution in [0, 0.1) is 5.92 Å². The number of para-hydroxylation sites is 1. The molecule has 0 aliphatic carbocycles. The lowest BCUT2D eigenvalue weighted by atomic mass is 9.99. The third-order valence-electron chi connectivity index (χ3n) is 5.20. The fourth-order valence-corrected chi connectivity index (χ4v) is 3.77. The lowest BCUT2D eigenvalue weighted by molar-refractivity contribution is 0.0944. The van der Waals surface area contributed by atoms with E-state index >= 15 is 0 Å². The van der Waals surface area contributed by atoms with Crippen LogP contribution in [0.25, 0.3) is 0 Å². The highest BCUT2D eigenvalue weighted by Crippen LogP contribution is 2.19. The average molecular weight is 394 g/mol. The Morgan fingerprint density at radius 1 is 1.07 bits per heavy atom. The van der Waals surface area contributed by atoms with Gasteiger partial charge in [0, 0.05) is 24.7 Å². The summed E-state index contributed by atoms with van der Waals surface area (Å²) in [4.78, 5) is 27.6. The van der Waals surface area contributed by atoms with Crippen molar-refractivity contribution in [3.8, 4) is 0 Å². The Hall–Kier alpha value is -2.66. The molecule has 0 spiro atoms. The molecule has 5 heteroatoms. The molecule has 1 heterocycles. The minimum Gasteiger partial charge on any atom is -0.350 e. The topological polar surface area (TPSA) is 61.4 Å². The maximum atomic E-state index is 12.7. The number of anilines is 1. The van der Waals surface area contributed by atoms with Crippen LogP contribution in [0.4, 0.5) is 5.69 Å². The molecular weight excluding hydrogens is 362 g/mol. The Labute approximate surface area is 173 Å². The number of benzene rings is 2. The molecule has 29 heavy (non-hydrogen) atoms. The number of piperidine rings is 1. The van der Waals surface area contributed by atoms with Crippen LogP contribution >= 0.6 is 0 Å². The Morgan fingerprint density at radius 3 is 2.48 bits per heavy atom. The minimum absolute atomic E-state index is 0.0293. The average Bonchev–Trinajstić information content (AvgIpc) is 2.68. The summed E-state index contributed by atoms with van der Waals surface area (Å²) in [5.74, 6) is 0.344. The lowest BCUT2D eigenvalue weighted by Crippen LogP contribution is -2.33. The Morgan fingerprint density at radius 2 is 1.79 bits per heavy atom. The number of nitrogens with zero attached hydrogens (tertiary/aromatic N) is 1. The van der Waals surface area contributed by atoms with Gasteiger partial charge < -0.3 is 10.6 Å². The number of nitrogens with one attached hydrogen (secondary N) is 2. The highest BCUT2D eigenvalue weighted by molar-refractivity contribution is 6.09. The van der Waals surface area contributed by atoms with Crippen molar-refractivity contribution in [2.45, 2.75) is 46.2 Å². The van der Waals surface area contributed by atoms with E-state index in [1.54, 1.807) is 18.2 Å². The number of rotatable bonds is 6. The first-order chi connectivity index (χ1) is 13.9. The van der Waals surface area contributed by atoms with E-state index < -0.39 is 0 Å². The number of hydrogen-bond donors (Lipinski definition) is 2. The molecule has 1 aliphatic heterocycles. The molecule has 0 aromatic heterocycles. The summed E-state index contributed by atoms with van der Waals surface area (Å²) in [5, 5.41) is 5.74. The van der Waals surface area contributed by atoms with Crippen LogP contribution in [-0.4, -0.2) is 35.8 Å². The van der Waals surface area contributed by atoms with E-state index in [2.05, 4.69) is 22.5 Å². The normalized spacial score (nSPS) is 17.2. The van der Waals surface area contributed by atoms with Crippen LogP contribution in [0.3, 0.4) is 0 Å². The van der Waals surface area contributed by atoms with Gasteiger partial charge in [-0.15, -0.1) is 0 Å². The van der Waals surface area contributed by atoms with Gasteiger partial charge in [-0.1, -0.05) is 31.2 Å². The molecule has 0 bridgehead atoms. The maximum Gasteiger partial charge on any atom is 0.255 e. The maximum absolute atomic E-state index is 12.7. The standard InChI is InChI=1S/C24H31N3O2/c1-17(2)25-24(29)21-8-4-5-9-22(21)26-23(28)20-12-10-19(11-13-20)16-27-14-6-7-18(3)15-27/h4-5,8-13,17-18H,6-7,14-16H2,1-3H3,(H,25,29)(H,26,28)/t18-/m0/s1. The number of amides is 2. The summed E-state index contributed by atoms with van der Waals surface area (Å²) >= 11 is 0. The summed E-state index contributed by atoms with van der Waals surface area (Å²) in [6.07, 6.45) is 2.57. The van der Waals surface area contributed by atoms with Crippen LogP contribution in [0.2, 0.25) is 0 Å². The van der Waals surface area contributed by atoms with Gasteiger partial charge in [0.2, 0.25) is 0 Å². The molecule has 1 saturated heterocycles. The second-order valence-corrected chi connectivity index (χ2v) is 8.31. The second-order valence-electron chi connectivity index (χ2n) is 8.31. The van der Waals surface area contributed by atoms with Gasteiger partial charge in [-0.05, 0) is 69.0 Å². The first-order valence-corrected chi connectivity index (χ1v) is 10.4. The Balaban J connectivity index is 1.65. The predicted octanol–water partition coefficient (Wildman–Crippen LogP) is 4.31. The van der Waals surface area contributed by atoms with E-state index in [1.165, 1.54) is 18.4 Å². The van der Waals surface area contributed by atoms with Crippen molar-refractivity contribution < 1.29 is 9.59 Å². The third kappa shape index (κ3) is 5.91. The summed E-state index contributed by atoms with van der Waals surface area (Å²) in [7, 11) is 0. The number of hydrogen-bond acceptors (Lipinski definition) is 3. The van der Waals surface area contributed by atoms with Crippen molar-refractivity contribution in [3.05, 3.63) is 65.2 Å². The highest BCUT2D eigenvalue weighted by Gasteiger charge is 2.17. The van der Waals surface area contributed by atoms with Gasteiger partial charge in [-0.3, -0.25) is 14.5 Å². The predicted molar refractivity (Wildman–Crippen MR) is 117 cm³/mol. The van der Waals surface area contributed by atoms with Crippen molar-refractivity contribution in [3.63, 3.8) is 0 Å². The molecule has 154 valence electrons. The summed E-state index contributed by atoms with van der Waals surface area (Å²) < 4.78 is 0. The van der Waals surface area contributed by atoms with Gasteiger partial charge in [0.25, 0.3) is 11.8 Å². The second kappa shape index (κ2) is 9.70. The summed E-state index contributed by atoms with van der Waals surface area (Å²) in [6, 6.07) is 14.9. The number of carbonyl (C=O) groups is 2. The first kappa shape index (κ1) is 21.1. The molecule has 3 rings (SSSR count). The molecule has 5 nitrogen and oxygen atoms in total. The van der Waals surface area contributed by atoms with E-state index in [0.29, 0.717) is 16.8 Å². The molecule has 0 radical (unpaired) electrons. The van der Waals surface area contributed by atoms with E-state index in [9.17, 15) is 9.59 Å². The van der Waals surface area contributed by atoms with Gasteiger partial charge >= 0.3 is 0 Å². The molecule has 0 unspecified atom stereocenters. The Bertz CT molecular complexity index is 845. The van der Waals surface area contributed by atoms with Gasteiger partial charge in [-0.25, -0.2) is 0 Å². The molecule has 2 aromatic rings. The number of carbonyl (C=O) groups excluding carboxylic acids is 2. The fraction of sp³-hybridized carbons (Fsp3) is 0.417. The van der Waals surface area contributed by atoms with Gasteiger partial charge in [-0.2, -0.15) is 0 Å². The van der Waals surface area contributed by atoms with Crippen molar-refractivity contribution in [2.75, 3.05) is 18.4 Å². The van der Waals surface area contributed by atoms with Gasteiger partial charge in [0.05, 0.1) is 11.3 Å². The Kier molecular flexibility index (Phi) is 7.04. The van der Waals surface area contributed by atoms with Crippen LogP contribution in [0.5, 0.6) is 0 Å². The smallest absolute Gasteiger partial charge is 0.255 e. The van der Waals surface area contributed by atoms with Crippen LogP contribution in [0.15, 0.2) is 48.5 Å². The zero-order valence-corrected chi connectivity index (χ0v) is 17.6. The van der Waals surface area contributed by atoms with Gasteiger partial charge in [0.1, 0.15) is 0 Å². The minimum atomic E-state index is -0.215. The highest BCUT2D eigenvalue weighted by atomic mass is 16.2. The molecule has 2 aromatic carbocycles. The van der Waals surface area contributed by atoms with Crippen molar-refractivity contribution in [2.24, 2.45) is 5.92 Å². The molecule has 1 aliphatic rings. The first-order valence-electron chi connectivity index (χ1n) is 10.4. The van der Waals surface area contributed by atoms with E-state index in [4.69, 9.17) is 0 Å². The largest absolute Gasteiger partial charge is 0.350 e. The SMILES string of the molecule is CC(C)NC(=O)c1ccccc1NC(=O)c1ccc(CN2CCC[C@H](C)C2)cc1. The summed E-state index contributed by atoms with van der Waals surface area (Å²) in [6.45, 7) is 9.32.